The fourth-order valence-electron chi connectivity index (χ4n) is 2.00. The summed E-state index contributed by atoms with van der Waals surface area (Å²) < 4.78 is 0. The van der Waals surface area contributed by atoms with E-state index in [1.165, 1.54) is 23.2 Å². The molecule has 1 aliphatic rings. The second kappa shape index (κ2) is 4.61. The molecule has 4 N–H and O–H groups in total. The minimum atomic E-state index is -1.01. The zero-order chi connectivity index (χ0) is 13.3. The summed E-state index contributed by atoms with van der Waals surface area (Å²) in [7, 11) is 0. The Morgan fingerprint density at radius 1 is 1.44 bits per heavy atom. The molecule has 18 heavy (non-hydrogen) atoms. The SMILES string of the molecule is NC(=O)c1ccc(N2C[C@H](O)C[C@H]2C(=O)O)nc1. The molecule has 0 aliphatic carbocycles. The van der Waals surface area contributed by atoms with Gasteiger partial charge in [-0.3, -0.25) is 4.79 Å². The van der Waals surface area contributed by atoms with Gasteiger partial charge in [-0.15, -0.1) is 0 Å². The van der Waals surface area contributed by atoms with Crippen molar-refractivity contribution in [2.75, 3.05) is 11.4 Å². The van der Waals surface area contributed by atoms with Crippen molar-refractivity contribution in [2.24, 2.45) is 5.73 Å². The number of amides is 1. The van der Waals surface area contributed by atoms with E-state index in [0.717, 1.165) is 0 Å². The van der Waals surface area contributed by atoms with Crippen LogP contribution in [-0.4, -0.2) is 45.8 Å². The van der Waals surface area contributed by atoms with Gasteiger partial charge in [-0.05, 0) is 12.1 Å². The van der Waals surface area contributed by atoms with Crippen molar-refractivity contribution in [3.8, 4) is 0 Å². The number of pyridine rings is 1. The normalized spacial score (nSPS) is 23.1. The van der Waals surface area contributed by atoms with E-state index < -0.39 is 24.0 Å². The number of aliphatic hydroxyl groups is 1. The van der Waals surface area contributed by atoms with Crippen LogP contribution in [-0.2, 0) is 4.79 Å². The fourth-order valence-corrected chi connectivity index (χ4v) is 2.00. The summed E-state index contributed by atoms with van der Waals surface area (Å²) in [4.78, 5) is 27.4. The molecule has 0 bridgehead atoms. The number of aliphatic hydroxyl groups excluding tert-OH is 1. The first-order valence-electron chi connectivity index (χ1n) is 5.42. The van der Waals surface area contributed by atoms with Crippen molar-refractivity contribution in [2.45, 2.75) is 18.6 Å². The molecular formula is C11H13N3O4. The first kappa shape index (κ1) is 12.3. The number of hydrogen-bond donors (Lipinski definition) is 3. The standard InChI is InChI=1S/C11H13N3O4/c12-10(16)6-1-2-9(13-4-6)14-5-7(15)3-8(14)11(17)18/h1-2,4,7-8,15H,3,5H2,(H2,12,16)(H,17,18)/t7-,8+/m1/s1. The number of aliphatic carboxylic acids is 1. The summed E-state index contributed by atoms with van der Waals surface area (Å²) in [6.07, 6.45) is 0.763. The Hall–Kier alpha value is -2.15. The molecule has 1 amide bonds. The second-order valence-electron chi connectivity index (χ2n) is 4.17. The predicted molar refractivity (Wildman–Crippen MR) is 62.1 cm³/mol. The minimum absolute atomic E-state index is 0.161. The van der Waals surface area contributed by atoms with Gasteiger partial charge in [0.25, 0.3) is 0 Å². The molecule has 1 aliphatic heterocycles. The summed E-state index contributed by atoms with van der Waals surface area (Å²) in [6.45, 7) is 0.208. The Bertz CT molecular complexity index is 474. The number of nitrogens with zero attached hydrogens (tertiary/aromatic N) is 2. The van der Waals surface area contributed by atoms with Gasteiger partial charge in [-0.1, -0.05) is 0 Å². The third-order valence-electron chi connectivity index (χ3n) is 2.89. The van der Waals surface area contributed by atoms with Crippen LogP contribution in [0.4, 0.5) is 5.82 Å². The highest BCUT2D eigenvalue weighted by atomic mass is 16.4. The summed E-state index contributed by atoms with van der Waals surface area (Å²) in [5.41, 5.74) is 5.34. The van der Waals surface area contributed by atoms with E-state index in [1.807, 2.05) is 0 Å². The molecule has 96 valence electrons. The molecule has 7 nitrogen and oxygen atoms in total. The lowest BCUT2D eigenvalue weighted by molar-refractivity contribution is -0.138. The van der Waals surface area contributed by atoms with E-state index in [0.29, 0.717) is 5.82 Å². The lowest BCUT2D eigenvalue weighted by atomic mass is 10.2. The highest BCUT2D eigenvalue weighted by molar-refractivity contribution is 5.92. The van der Waals surface area contributed by atoms with Crippen molar-refractivity contribution in [3.63, 3.8) is 0 Å². The highest BCUT2D eigenvalue weighted by Gasteiger charge is 2.36. The van der Waals surface area contributed by atoms with Crippen LogP contribution in [0.25, 0.3) is 0 Å². The van der Waals surface area contributed by atoms with Gasteiger partial charge in [0.15, 0.2) is 0 Å². The van der Waals surface area contributed by atoms with Crippen molar-refractivity contribution in [3.05, 3.63) is 23.9 Å². The Kier molecular flexibility index (Phi) is 3.15. The molecule has 2 heterocycles. The number of carbonyl (C=O) groups is 2. The molecule has 0 spiro atoms. The number of carbonyl (C=O) groups excluding carboxylic acids is 1. The molecule has 0 saturated carbocycles. The van der Waals surface area contributed by atoms with Crippen LogP contribution in [0.15, 0.2) is 18.3 Å². The summed E-state index contributed by atoms with van der Waals surface area (Å²) >= 11 is 0. The molecular weight excluding hydrogens is 238 g/mol. The predicted octanol–water partition coefficient (Wildman–Crippen LogP) is -0.795. The molecule has 0 aromatic carbocycles. The van der Waals surface area contributed by atoms with E-state index in [2.05, 4.69) is 4.98 Å². The Balaban J connectivity index is 2.24. The average molecular weight is 251 g/mol. The first-order valence-corrected chi connectivity index (χ1v) is 5.42. The third kappa shape index (κ3) is 2.25. The van der Waals surface area contributed by atoms with E-state index in [1.54, 1.807) is 0 Å². The molecule has 1 aromatic heterocycles. The Morgan fingerprint density at radius 2 is 2.17 bits per heavy atom. The number of aromatic nitrogens is 1. The van der Waals surface area contributed by atoms with Gasteiger partial charge >= 0.3 is 5.97 Å². The van der Waals surface area contributed by atoms with Crippen LogP contribution in [0.1, 0.15) is 16.8 Å². The number of carboxylic acids is 1. The Labute approximate surface area is 103 Å². The molecule has 1 aromatic rings. The molecule has 7 heteroatoms. The summed E-state index contributed by atoms with van der Waals surface area (Å²) in [6, 6.07) is 2.20. The molecule has 2 rings (SSSR count). The van der Waals surface area contributed by atoms with Gasteiger partial charge in [-0.25, -0.2) is 9.78 Å². The van der Waals surface area contributed by atoms with Crippen LogP contribution >= 0.6 is 0 Å². The monoisotopic (exact) mass is 251 g/mol. The van der Waals surface area contributed by atoms with Crippen LogP contribution in [0.2, 0.25) is 0 Å². The topological polar surface area (TPSA) is 117 Å². The van der Waals surface area contributed by atoms with E-state index in [-0.39, 0.29) is 18.5 Å². The average Bonchev–Trinajstić information content (AvgIpc) is 2.71. The number of anilines is 1. The molecule has 1 fully saturated rings. The number of carboxylic acid groups (broad SMARTS) is 1. The highest BCUT2D eigenvalue weighted by Crippen LogP contribution is 2.24. The number of hydrogen-bond acceptors (Lipinski definition) is 5. The smallest absolute Gasteiger partial charge is 0.326 e. The maximum atomic E-state index is 11.1. The molecule has 0 radical (unpaired) electrons. The Morgan fingerprint density at radius 3 is 2.67 bits per heavy atom. The second-order valence-corrected chi connectivity index (χ2v) is 4.17. The van der Waals surface area contributed by atoms with E-state index >= 15 is 0 Å². The van der Waals surface area contributed by atoms with Crippen molar-refractivity contribution >= 4 is 17.7 Å². The van der Waals surface area contributed by atoms with E-state index in [9.17, 15) is 14.7 Å². The van der Waals surface area contributed by atoms with Crippen molar-refractivity contribution < 1.29 is 19.8 Å². The van der Waals surface area contributed by atoms with Gasteiger partial charge in [0, 0.05) is 19.2 Å². The van der Waals surface area contributed by atoms with Gasteiger partial charge in [0.2, 0.25) is 5.91 Å². The van der Waals surface area contributed by atoms with Gasteiger partial charge in [-0.2, -0.15) is 0 Å². The van der Waals surface area contributed by atoms with E-state index in [4.69, 9.17) is 10.8 Å². The fraction of sp³-hybridized carbons (Fsp3) is 0.364. The zero-order valence-electron chi connectivity index (χ0n) is 9.48. The molecule has 1 saturated heterocycles. The van der Waals surface area contributed by atoms with Gasteiger partial charge in [0.05, 0.1) is 11.7 Å². The summed E-state index contributed by atoms with van der Waals surface area (Å²) in [5, 5.41) is 18.6. The maximum absolute atomic E-state index is 11.1. The summed E-state index contributed by atoms with van der Waals surface area (Å²) in [5.74, 6) is -1.19. The van der Waals surface area contributed by atoms with Crippen LogP contribution in [0.3, 0.4) is 0 Å². The number of nitrogens with two attached hydrogens (primary N) is 1. The quantitative estimate of drug-likeness (QED) is 0.647. The number of rotatable bonds is 3. The minimum Gasteiger partial charge on any atom is -0.480 e. The van der Waals surface area contributed by atoms with Crippen molar-refractivity contribution in [1.29, 1.82) is 0 Å². The van der Waals surface area contributed by atoms with Crippen molar-refractivity contribution in [1.82, 2.24) is 4.98 Å². The van der Waals surface area contributed by atoms with Crippen LogP contribution in [0, 0.1) is 0 Å². The number of β-amino-alcohol motifs (C(OH)–C–C–N with tert-alkyl or cyclic N) is 1. The third-order valence-corrected chi connectivity index (χ3v) is 2.89. The zero-order valence-corrected chi connectivity index (χ0v) is 9.48. The van der Waals surface area contributed by atoms with Crippen LogP contribution < -0.4 is 10.6 Å². The lowest BCUT2D eigenvalue weighted by Crippen LogP contribution is -2.36. The van der Waals surface area contributed by atoms with Crippen LogP contribution in [0.5, 0.6) is 0 Å². The molecule has 2 atom stereocenters. The number of primary amides is 1. The molecule has 0 unspecified atom stereocenters. The van der Waals surface area contributed by atoms with Gasteiger partial charge in [0.1, 0.15) is 11.9 Å². The van der Waals surface area contributed by atoms with Gasteiger partial charge < -0.3 is 20.8 Å². The first-order chi connectivity index (χ1) is 8.49. The largest absolute Gasteiger partial charge is 0.480 e. The maximum Gasteiger partial charge on any atom is 0.326 e. The lowest BCUT2D eigenvalue weighted by Gasteiger charge is -2.22.